The zero-order chi connectivity index (χ0) is 19.2. The number of aromatic nitrogens is 1. The lowest BCUT2D eigenvalue weighted by Gasteiger charge is -2.37. The summed E-state index contributed by atoms with van der Waals surface area (Å²) in [5.74, 6) is 1.63. The van der Waals surface area contributed by atoms with E-state index in [1.165, 1.54) is 11.3 Å². The van der Waals surface area contributed by atoms with Crippen LogP contribution in [0.15, 0.2) is 10.2 Å². The van der Waals surface area contributed by atoms with Gasteiger partial charge in [-0.2, -0.15) is 0 Å². The predicted octanol–water partition coefficient (Wildman–Crippen LogP) is 2.15. The van der Waals surface area contributed by atoms with E-state index in [0.717, 1.165) is 50.9 Å². The number of likely N-dealkylation sites (tertiary alicyclic amines) is 1. The van der Waals surface area contributed by atoms with E-state index in [2.05, 4.69) is 12.2 Å². The smallest absolute Gasteiger partial charge is 0.307 e. The van der Waals surface area contributed by atoms with Crippen molar-refractivity contribution in [2.24, 2.45) is 17.8 Å². The summed E-state index contributed by atoms with van der Waals surface area (Å²) in [4.78, 5) is 38.6. The standard InChI is InChI=1S/C20H29N3O3S/c1-13-11-16(13)18(25)21-20(6-7-20)15-3-8-22(9-4-15)17(24)5-10-23-14(2)12-27-19(23)26/h12-13,15-16H,3-11H2,1-2H3,(H,21,25). The summed E-state index contributed by atoms with van der Waals surface area (Å²) < 4.78 is 1.68. The van der Waals surface area contributed by atoms with Gasteiger partial charge in [0, 0.05) is 48.6 Å². The zero-order valence-corrected chi connectivity index (χ0v) is 17.0. The van der Waals surface area contributed by atoms with Gasteiger partial charge >= 0.3 is 4.87 Å². The van der Waals surface area contributed by atoms with Crippen molar-refractivity contribution in [1.82, 2.24) is 14.8 Å². The van der Waals surface area contributed by atoms with Crippen molar-refractivity contribution in [2.45, 2.75) is 64.5 Å². The molecule has 2 saturated carbocycles. The average Bonchev–Trinajstić information content (AvgIpc) is 3.56. The molecule has 1 N–H and O–H groups in total. The molecule has 0 spiro atoms. The highest BCUT2D eigenvalue weighted by atomic mass is 32.1. The van der Waals surface area contributed by atoms with E-state index in [1.54, 1.807) is 4.57 Å². The molecule has 2 unspecified atom stereocenters. The van der Waals surface area contributed by atoms with Gasteiger partial charge in [-0.1, -0.05) is 18.3 Å². The molecule has 148 valence electrons. The number of thiazole rings is 1. The van der Waals surface area contributed by atoms with Crippen molar-refractivity contribution >= 4 is 23.2 Å². The number of nitrogens with one attached hydrogen (secondary N) is 1. The van der Waals surface area contributed by atoms with E-state index in [9.17, 15) is 14.4 Å². The quantitative estimate of drug-likeness (QED) is 0.808. The molecule has 1 aromatic rings. The Morgan fingerprint density at radius 3 is 2.48 bits per heavy atom. The Balaban J connectivity index is 1.25. The lowest BCUT2D eigenvalue weighted by molar-refractivity contribution is -0.133. The van der Waals surface area contributed by atoms with Gasteiger partial charge in [0.05, 0.1) is 0 Å². The highest BCUT2D eigenvalue weighted by molar-refractivity contribution is 7.07. The number of aryl methyl sites for hydroxylation is 1. The maximum atomic E-state index is 12.5. The first-order valence-corrected chi connectivity index (χ1v) is 11.0. The van der Waals surface area contributed by atoms with E-state index in [1.807, 2.05) is 17.2 Å². The highest BCUT2D eigenvalue weighted by Gasteiger charge is 2.53. The van der Waals surface area contributed by atoms with E-state index >= 15 is 0 Å². The number of hydrogen-bond donors (Lipinski definition) is 1. The van der Waals surface area contributed by atoms with Crippen LogP contribution < -0.4 is 10.2 Å². The summed E-state index contributed by atoms with van der Waals surface area (Å²) in [6, 6.07) is 0. The average molecular weight is 392 g/mol. The lowest BCUT2D eigenvalue weighted by Crippen LogP contribution is -2.49. The first kappa shape index (κ1) is 18.7. The number of hydrogen-bond acceptors (Lipinski definition) is 4. The molecule has 1 aliphatic heterocycles. The van der Waals surface area contributed by atoms with Gasteiger partial charge in [-0.25, -0.2) is 0 Å². The Kier molecular flexibility index (Phi) is 4.91. The minimum absolute atomic E-state index is 0.00955. The molecule has 4 rings (SSSR count). The second-order valence-electron chi connectivity index (χ2n) is 8.66. The van der Waals surface area contributed by atoms with Gasteiger partial charge in [-0.05, 0) is 50.9 Å². The Hall–Kier alpha value is -1.63. The molecule has 0 bridgehead atoms. The van der Waals surface area contributed by atoms with Crippen LogP contribution in [0.3, 0.4) is 0 Å². The van der Waals surface area contributed by atoms with Crippen molar-refractivity contribution in [2.75, 3.05) is 13.1 Å². The number of amides is 2. The van der Waals surface area contributed by atoms with Crippen molar-refractivity contribution in [3.8, 4) is 0 Å². The topological polar surface area (TPSA) is 71.4 Å². The molecule has 3 fully saturated rings. The molecule has 2 atom stereocenters. The second-order valence-corrected chi connectivity index (χ2v) is 9.49. The van der Waals surface area contributed by atoms with Crippen molar-refractivity contribution < 1.29 is 9.59 Å². The van der Waals surface area contributed by atoms with Crippen LogP contribution in [0.25, 0.3) is 0 Å². The fourth-order valence-corrected chi connectivity index (χ4v) is 5.28. The van der Waals surface area contributed by atoms with Gasteiger partial charge in [-0.3, -0.25) is 14.4 Å². The van der Waals surface area contributed by atoms with Crippen LogP contribution in [0.5, 0.6) is 0 Å². The normalized spacial score (nSPS) is 26.7. The summed E-state index contributed by atoms with van der Waals surface area (Å²) in [5, 5.41) is 5.19. The molecule has 3 aliphatic rings. The Bertz CT molecular complexity index is 787. The molecule has 1 saturated heterocycles. The van der Waals surface area contributed by atoms with Crippen LogP contribution in [0.4, 0.5) is 0 Å². The third-order valence-corrected chi connectivity index (χ3v) is 7.64. The molecule has 2 aliphatic carbocycles. The molecule has 27 heavy (non-hydrogen) atoms. The van der Waals surface area contributed by atoms with Gasteiger partial charge in [0.2, 0.25) is 11.8 Å². The summed E-state index contributed by atoms with van der Waals surface area (Å²) in [5.41, 5.74) is 0.934. The molecule has 7 heteroatoms. The number of rotatable bonds is 6. The number of carbonyl (C=O) groups excluding carboxylic acids is 2. The summed E-state index contributed by atoms with van der Waals surface area (Å²) in [7, 11) is 0. The molecule has 2 heterocycles. The molecule has 1 aromatic heterocycles. The maximum absolute atomic E-state index is 12.5. The van der Waals surface area contributed by atoms with E-state index in [0.29, 0.717) is 24.8 Å². The maximum Gasteiger partial charge on any atom is 0.307 e. The van der Waals surface area contributed by atoms with E-state index in [-0.39, 0.29) is 28.1 Å². The molecule has 0 aromatic carbocycles. The van der Waals surface area contributed by atoms with E-state index in [4.69, 9.17) is 0 Å². The van der Waals surface area contributed by atoms with E-state index < -0.39 is 0 Å². The van der Waals surface area contributed by atoms with Gasteiger partial charge in [0.25, 0.3) is 0 Å². The number of piperidine rings is 1. The molecule has 2 amide bonds. The van der Waals surface area contributed by atoms with Crippen LogP contribution in [-0.2, 0) is 16.1 Å². The van der Waals surface area contributed by atoms with Gasteiger partial charge in [0.15, 0.2) is 0 Å². The minimum atomic E-state index is 0.00955. The van der Waals surface area contributed by atoms with Gasteiger partial charge in [-0.15, -0.1) is 0 Å². The minimum Gasteiger partial charge on any atom is -0.350 e. The SMILES string of the molecule is Cc1csc(=O)n1CCC(=O)N1CCC(C2(NC(=O)C3CC3C)CC2)CC1. The van der Waals surface area contributed by atoms with Gasteiger partial charge < -0.3 is 14.8 Å². The third kappa shape index (κ3) is 3.84. The van der Waals surface area contributed by atoms with Crippen LogP contribution in [0.2, 0.25) is 0 Å². The highest BCUT2D eigenvalue weighted by Crippen LogP contribution is 2.48. The number of nitrogens with zero attached hydrogens (tertiary/aromatic N) is 2. The fraction of sp³-hybridized carbons (Fsp3) is 0.750. The van der Waals surface area contributed by atoms with Crippen molar-refractivity contribution in [3.63, 3.8) is 0 Å². The largest absolute Gasteiger partial charge is 0.350 e. The summed E-state index contributed by atoms with van der Waals surface area (Å²) in [6.07, 6.45) is 5.50. The fourth-order valence-electron chi connectivity index (χ4n) is 4.52. The zero-order valence-electron chi connectivity index (χ0n) is 16.2. The Morgan fingerprint density at radius 2 is 1.96 bits per heavy atom. The van der Waals surface area contributed by atoms with Crippen LogP contribution in [-0.4, -0.2) is 39.9 Å². The van der Waals surface area contributed by atoms with Crippen LogP contribution in [0.1, 0.15) is 51.1 Å². The predicted molar refractivity (Wildman–Crippen MR) is 105 cm³/mol. The van der Waals surface area contributed by atoms with Crippen LogP contribution in [0, 0.1) is 24.7 Å². The first-order chi connectivity index (χ1) is 12.9. The number of carbonyl (C=O) groups is 2. The monoisotopic (exact) mass is 391 g/mol. The Labute approximate surface area is 163 Å². The molecular formula is C20H29N3O3S. The van der Waals surface area contributed by atoms with Crippen molar-refractivity contribution in [1.29, 1.82) is 0 Å². The first-order valence-electron chi connectivity index (χ1n) is 10.1. The lowest BCUT2D eigenvalue weighted by atomic mass is 9.87. The van der Waals surface area contributed by atoms with Crippen molar-refractivity contribution in [3.05, 3.63) is 20.7 Å². The molecule has 0 radical (unpaired) electrons. The van der Waals surface area contributed by atoms with Gasteiger partial charge in [0.1, 0.15) is 0 Å². The molecular weight excluding hydrogens is 362 g/mol. The molecule has 6 nitrogen and oxygen atoms in total. The third-order valence-electron chi connectivity index (χ3n) is 6.76. The summed E-state index contributed by atoms with van der Waals surface area (Å²) >= 11 is 1.19. The second kappa shape index (κ2) is 7.08. The summed E-state index contributed by atoms with van der Waals surface area (Å²) in [6.45, 7) is 6.03. The Morgan fingerprint density at radius 1 is 1.30 bits per heavy atom. The van der Waals surface area contributed by atoms with Crippen LogP contribution >= 0.6 is 11.3 Å².